The number of rotatable bonds is 6. The summed E-state index contributed by atoms with van der Waals surface area (Å²) in [4.78, 5) is 25.0. The molecule has 0 aliphatic carbocycles. The van der Waals surface area contributed by atoms with E-state index in [-0.39, 0.29) is 12.1 Å². The van der Waals surface area contributed by atoms with E-state index in [1.54, 1.807) is 61.8 Å². The molecule has 1 N–H and O–H groups in total. The van der Waals surface area contributed by atoms with E-state index in [4.69, 9.17) is 27.9 Å². The van der Waals surface area contributed by atoms with Gasteiger partial charge in [-0.15, -0.1) is 0 Å². The van der Waals surface area contributed by atoms with Crippen molar-refractivity contribution in [2.75, 3.05) is 7.11 Å². The highest BCUT2D eigenvalue weighted by molar-refractivity contribution is 6.42. The summed E-state index contributed by atoms with van der Waals surface area (Å²) in [7, 11) is 1.58. The Labute approximate surface area is 177 Å². The molecule has 0 spiro atoms. The molecule has 0 unspecified atom stereocenters. The molecule has 0 saturated carbocycles. The van der Waals surface area contributed by atoms with Crippen molar-refractivity contribution in [2.45, 2.75) is 6.54 Å². The number of hydrogen-bond donors (Lipinski definition) is 1. The molecule has 0 aliphatic heterocycles. The summed E-state index contributed by atoms with van der Waals surface area (Å²) < 4.78 is 6.50. The van der Waals surface area contributed by atoms with E-state index in [0.717, 1.165) is 16.9 Å². The summed E-state index contributed by atoms with van der Waals surface area (Å²) in [6.07, 6.45) is 3.08. The third kappa shape index (κ3) is 5.25. The fraction of sp³-hybridized carbons (Fsp3) is 0.0952. The number of pyridine rings is 1. The summed E-state index contributed by atoms with van der Waals surface area (Å²) >= 11 is 11.9. The molecule has 0 atom stereocenters. The first-order chi connectivity index (χ1) is 14.0. The van der Waals surface area contributed by atoms with Crippen molar-refractivity contribution >= 4 is 35.3 Å². The van der Waals surface area contributed by atoms with Crippen LogP contribution in [0, 0.1) is 0 Å². The fourth-order valence-corrected chi connectivity index (χ4v) is 2.91. The number of methoxy groups -OCH3 is 1. The van der Waals surface area contributed by atoms with Crippen molar-refractivity contribution in [3.05, 3.63) is 97.9 Å². The van der Waals surface area contributed by atoms with Crippen molar-refractivity contribution < 1.29 is 9.53 Å². The largest absolute Gasteiger partial charge is 0.497 e. The molecule has 3 aromatic rings. The number of aromatic nitrogens is 1. The maximum absolute atomic E-state index is 12.6. The zero-order chi connectivity index (χ0) is 20.8. The lowest BCUT2D eigenvalue weighted by Crippen LogP contribution is -2.30. The number of halogens is 2. The van der Waals surface area contributed by atoms with Crippen LogP contribution < -0.4 is 15.7 Å². The minimum Gasteiger partial charge on any atom is -0.497 e. The molecular weight excluding hydrogens is 413 g/mol. The Morgan fingerprint density at radius 1 is 1.14 bits per heavy atom. The lowest BCUT2D eigenvalue weighted by Gasteiger charge is -2.08. The second kappa shape index (κ2) is 9.41. The van der Waals surface area contributed by atoms with Crippen LogP contribution in [0.15, 0.2) is 70.7 Å². The highest BCUT2D eigenvalue weighted by Crippen LogP contribution is 2.22. The number of amides is 1. The molecule has 1 aromatic heterocycles. The fourth-order valence-electron chi connectivity index (χ4n) is 2.58. The van der Waals surface area contributed by atoms with E-state index in [1.165, 1.54) is 16.8 Å². The average Bonchev–Trinajstić information content (AvgIpc) is 2.72. The standard InChI is InChI=1S/C21H17Cl2N3O3/c1-29-16-7-4-14(5-8-16)12-24-25-20(27)17-3-2-10-26(21(17)28)13-15-6-9-18(22)19(23)11-15/h2-12H,13H2,1H3,(H,25,27)/b24-12-. The first kappa shape index (κ1) is 20.6. The van der Waals surface area contributed by atoms with Gasteiger partial charge in [0.1, 0.15) is 11.3 Å². The molecule has 3 rings (SSSR count). The van der Waals surface area contributed by atoms with Gasteiger partial charge in [-0.1, -0.05) is 29.3 Å². The van der Waals surface area contributed by atoms with Crippen LogP contribution in [0.5, 0.6) is 5.75 Å². The van der Waals surface area contributed by atoms with Gasteiger partial charge in [0.25, 0.3) is 11.5 Å². The third-order valence-corrected chi connectivity index (χ3v) is 4.84. The molecule has 29 heavy (non-hydrogen) atoms. The van der Waals surface area contributed by atoms with Crippen LogP contribution in [-0.2, 0) is 6.54 Å². The Morgan fingerprint density at radius 3 is 2.59 bits per heavy atom. The van der Waals surface area contributed by atoms with Gasteiger partial charge >= 0.3 is 0 Å². The number of benzene rings is 2. The molecule has 0 bridgehead atoms. The molecule has 0 fully saturated rings. The molecule has 148 valence electrons. The van der Waals surface area contributed by atoms with Gasteiger partial charge in [-0.2, -0.15) is 5.10 Å². The Kier molecular flexibility index (Phi) is 6.69. The number of hydrogen-bond acceptors (Lipinski definition) is 4. The average molecular weight is 430 g/mol. The molecule has 0 radical (unpaired) electrons. The Morgan fingerprint density at radius 2 is 1.90 bits per heavy atom. The van der Waals surface area contributed by atoms with Crippen molar-refractivity contribution in [1.82, 2.24) is 9.99 Å². The third-order valence-electron chi connectivity index (χ3n) is 4.10. The smallest absolute Gasteiger partial charge is 0.276 e. The second-order valence-electron chi connectivity index (χ2n) is 6.08. The first-order valence-electron chi connectivity index (χ1n) is 8.59. The number of carbonyl (C=O) groups is 1. The summed E-state index contributed by atoms with van der Waals surface area (Å²) in [5, 5.41) is 4.74. The van der Waals surface area contributed by atoms with Gasteiger partial charge in [0.15, 0.2) is 0 Å². The van der Waals surface area contributed by atoms with Gasteiger partial charge in [-0.3, -0.25) is 9.59 Å². The van der Waals surface area contributed by atoms with E-state index in [2.05, 4.69) is 10.5 Å². The summed E-state index contributed by atoms with van der Waals surface area (Å²) in [6.45, 7) is 0.256. The number of nitrogens with one attached hydrogen (secondary N) is 1. The van der Waals surface area contributed by atoms with Gasteiger partial charge in [0.05, 0.1) is 29.9 Å². The van der Waals surface area contributed by atoms with E-state index in [0.29, 0.717) is 10.0 Å². The lowest BCUT2D eigenvalue weighted by atomic mass is 10.2. The Bertz CT molecular complexity index is 1110. The Hall–Kier alpha value is -3.09. The van der Waals surface area contributed by atoms with Crippen LogP contribution in [0.25, 0.3) is 0 Å². The normalized spacial score (nSPS) is 10.9. The number of ether oxygens (including phenoxy) is 1. The molecule has 6 nitrogen and oxygen atoms in total. The van der Waals surface area contributed by atoms with E-state index in [1.807, 2.05) is 0 Å². The summed E-state index contributed by atoms with van der Waals surface area (Å²) in [5.74, 6) is 0.126. The summed E-state index contributed by atoms with van der Waals surface area (Å²) in [6, 6.07) is 15.3. The molecule has 0 aliphatic rings. The van der Waals surface area contributed by atoms with E-state index >= 15 is 0 Å². The van der Waals surface area contributed by atoms with Crippen LogP contribution in [0.1, 0.15) is 21.5 Å². The minimum atomic E-state index is -0.594. The monoisotopic (exact) mass is 429 g/mol. The molecule has 8 heteroatoms. The first-order valence-corrected chi connectivity index (χ1v) is 9.34. The molecule has 1 amide bonds. The molecule has 0 saturated heterocycles. The maximum atomic E-state index is 12.6. The second-order valence-corrected chi connectivity index (χ2v) is 6.89. The highest BCUT2D eigenvalue weighted by atomic mass is 35.5. The van der Waals surface area contributed by atoms with Gasteiger partial charge < -0.3 is 9.30 Å². The highest BCUT2D eigenvalue weighted by Gasteiger charge is 2.12. The van der Waals surface area contributed by atoms with Crippen molar-refractivity contribution in [3.8, 4) is 5.75 Å². The van der Waals surface area contributed by atoms with Crippen molar-refractivity contribution in [3.63, 3.8) is 0 Å². The molecule has 1 heterocycles. The topological polar surface area (TPSA) is 72.7 Å². The maximum Gasteiger partial charge on any atom is 0.276 e. The van der Waals surface area contributed by atoms with Crippen molar-refractivity contribution in [2.24, 2.45) is 5.10 Å². The molecular formula is C21H17Cl2N3O3. The molecule has 2 aromatic carbocycles. The van der Waals surface area contributed by atoms with Crippen molar-refractivity contribution in [1.29, 1.82) is 0 Å². The van der Waals surface area contributed by atoms with E-state index < -0.39 is 11.5 Å². The van der Waals surface area contributed by atoms with Crippen LogP contribution in [0.3, 0.4) is 0 Å². The lowest BCUT2D eigenvalue weighted by molar-refractivity contribution is 0.0953. The van der Waals surface area contributed by atoms with Gasteiger partial charge in [0, 0.05) is 6.20 Å². The number of hydrazone groups is 1. The van der Waals surface area contributed by atoms with E-state index in [9.17, 15) is 9.59 Å². The zero-order valence-electron chi connectivity index (χ0n) is 15.4. The van der Waals surface area contributed by atoms with Gasteiger partial charge in [-0.25, -0.2) is 5.43 Å². The zero-order valence-corrected chi connectivity index (χ0v) is 16.9. The van der Waals surface area contributed by atoms with Crippen LogP contribution in [0.2, 0.25) is 10.0 Å². The van der Waals surface area contributed by atoms with Gasteiger partial charge in [-0.05, 0) is 59.7 Å². The predicted molar refractivity (Wildman–Crippen MR) is 114 cm³/mol. The van der Waals surface area contributed by atoms with Crippen LogP contribution in [0.4, 0.5) is 0 Å². The van der Waals surface area contributed by atoms with Gasteiger partial charge in [0.2, 0.25) is 0 Å². The van der Waals surface area contributed by atoms with Crippen LogP contribution in [-0.4, -0.2) is 23.8 Å². The number of nitrogens with zero attached hydrogens (tertiary/aromatic N) is 2. The summed E-state index contributed by atoms with van der Waals surface area (Å²) in [5.41, 5.74) is 3.49. The quantitative estimate of drug-likeness (QED) is 0.475. The Balaban J connectivity index is 1.72. The predicted octanol–water partition coefficient (Wildman–Crippen LogP) is 3.98. The number of carbonyl (C=O) groups excluding carboxylic acids is 1. The minimum absolute atomic E-state index is 0.0144. The SMILES string of the molecule is COc1ccc(/C=N\NC(=O)c2cccn(Cc3ccc(Cl)c(Cl)c3)c2=O)cc1. The van der Waals surface area contributed by atoms with Crippen LogP contribution >= 0.6 is 23.2 Å².